The van der Waals surface area contributed by atoms with E-state index in [4.69, 9.17) is 32.7 Å². The molecule has 1 N–H and O–H groups in total. The average Bonchev–Trinajstić information content (AvgIpc) is 2.98. The Labute approximate surface area is 208 Å². The van der Waals surface area contributed by atoms with Gasteiger partial charge < -0.3 is 14.6 Å². The van der Waals surface area contributed by atoms with Gasteiger partial charge in [0.15, 0.2) is 5.78 Å². The molecule has 0 aromatic rings. The van der Waals surface area contributed by atoms with Crippen LogP contribution in [-0.4, -0.2) is 51.6 Å². The SMILES string of the molecule is CCC(=O)O[C@]1(C(=O)OC)[C@H](C)C[C@H]2[C@@H]3C[C@](F)(Cl)C4=CC(=O)C=C[C@]4(C)[C@@]3(Cl)[C@@H](O)C[C@@]21C. The summed E-state index contributed by atoms with van der Waals surface area (Å²) in [4.78, 5) is 36.5. The lowest BCUT2D eigenvalue weighted by molar-refractivity contribution is -0.215. The van der Waals surface area contributed by atoms with Crippen molar-refractivity contribution in [2.75, 3.05) is 7.11 Å². The van der Waals surface area contributed by atoms with E-state index in [-0.39, 0.29) is 24.8 Å². The molecule has 4 aliphatic carbocycles. The molecular weight excluding hydrogens is 486 g/mol. The van der Waals surface area contributed by atoms with Gasteiger partial charge >= 0.3 is 11.9 Å². The quantitative estimate of drug-likeness (QED) is 0.445. The van der Waals surface area contributed by atoms with Crippen molar-refractivity contribution in [3.63, 3.8) is 0 Å². The van der Waals surface area contributed by atoms with E-state index in [1.165, 1.54) is 25.3 Å². The molecule has 4 rings (SSSR count). The summed E-state index contributed by atoms with van der Waals surface area (Å²) >= 11 is 13.8. The molecule has 0 amide bonds. The first-order valence-electron chi connectivity index (χ1n) is 11.7. The van der Waals surface area contributed by atoms with Crippen LogP contribution in [0.4, 0.5) is 4.39 Å². The molecule has 4 aliphatic rings. The van der Waals surface area contributed by atoms with Crippen molar-refractivity contribution in [2.24, 2.45) is 28.6 Å². The number of carbonyl (C=O) groups excluding carboxylic acids is 3. The third kappa shape index (κ3) is 2.92. The number of hydrogen-bond donors (Lipinski definition) is 1. The number of carbonyl (C=O) groups is 3. The minimum absolute atomic E-state index is 0.0142. The van der Waals surface area contributed by atoms with Gasteiger partial charge in [0, 0.05) is 29.6 Å². The number of aliphatic hydroxyl groups excluding tert-OH is 1. The number of esters is 2. The van der Waals surface area contributed by atoms with Crippen molar-refractivity contribution in [2.45, 2.75) is 75.1 Å². The lowest BCUT2D eigenvalue weighted by Crippen LogP contribution is -2.71. The summed E-state index contributed by atoms with van der Waals surface area (Å²) in [5.74, 6) is -3.26. The number of aliphatic hydroxyl groups is 1. The van der Waals surface area contributed by atoms with Crippen molar-refractivity contribution in [3.8, 4) is 0 Å². The van der Waals surface area contributed by atoms with E-state index in [0.717, 1.165) is 0 Å². The Balaban J connectivity index is 1.91. The number of halogens is 3. The molecule has 188 valence electrons. The van der Waals surface area contributed by atoms with E-state index in [2.05, 4.69) is 0 Å². The number of ether oxygens (including phenoxy) is 2. The predicted octanol–water partition coefficient (Wildman–Crippen LogP) is 4.25. The highest BCUT2D eigenvalue weighted by atomic mass is 35.5. The highest BCUT2D eigenvalue weighted by Crippen LogP contribution is 2.74. The smallest absolute Gasteiger partial charge is 0.351 e. The van der Waals surface area contributed by atoms with Gasteiger partial charge in [-0.15, -0.1) is 11.6 Å². The summed E-state index contributed by atoms with van der Waals surface area (Å²) < 4.78 is 27.1. The van der Waals surface area contributed by atoms with Crippen LogP contribution >= 0.6 is 23.2 Å². The van der Waals surface area contributed by atoms with Crippen molar-refractivity contribution in [3.05, 3.63) is 23.8 Å². The van der Waals surface area contributed by atoms with Crippen LogP contribution in [0.2, 0.25) is 0 Å². The van der Waals surface area contributed by atoms with Crippen LogP contribution in [0.15, 0.2) is 23.8 Å². The monoisotopic (exact) mass is 516 g/mol. The Morgan fingerprint density at radius 1 is 1.24 bits per heavy atom. The van der Waals surface area contributed by atoms with Crippen molar-refractivity contribution in [1.82, 2.24) is 0 Å². The molecule has 6 nitrogen and oxygen atoms in total. The zero-order valence-electron chi connectivity index (χ0n) is 20.0. The Bertz CT molecular complexity index is 1010. The molecule has 3 saturated carbocycles. The fraction of sp³-hybridized carbons (Fsp3) is 0.720. The summed E-state index contributed by atoms with van der Waals surface area (Å²) in [7, 11) is 1.23. The third-order valence-corrected chi connectivity index (χ3v) is 10.5. The van der Waals surface area contributed by atoms with Gasteiger partial charge in [-0.05, 0) is 42.4 Å². The molecule has 0 spiro atoms. The topological polar surface area (TPSA) is 89.9 Å². The molecule has 0 aliphatic heterocycles. The highest BCUT2D eigenvalue weighted by molar-refractivity contribution is 6.29. The lowest BCUT2D eigenvalue weighted by atomic mass is 9.45. The summed E-state index contributed by atoms with van der Waals surface area (Å²) in [6, 6.07) is 0. The van der Waals surface area contributed by atoms with Crippen LogP contribution in [0.1, 0.15) is 53.4 Å². The van der Waals surface area contributed by atoms with E-state index in [9.17, 15) is 19.5 Å². The number of fused-ring (bicyclic) bond motifs is 5. The van der Waals surface area contributed by atoms with Crippen molar-refractivity contribution < 1.29 is 33.4 Å². The van der Waals surface area contributed by atoms with Crippen LogP contribution < -0.4 is 0 Å². The van der Waals surface area contributed by atoms with Crippen molar-refractivity contribution in [1.29, 1.82) is 0 Å². The normalized spacial score (nSPS) is 49.4. The molecule has 0 unspecified atom stereocenters. The second-order valence-corrected chi connectivity index (χ2v) is 11.9. The molecule has 0 aromatic carbocycles. The van der Waals surface area contributed by atoms with E-state index in [1.54, 1.807) is 27.7 Å². The summed E-state index contributed by atoms with van der Waals surface area (Å²) in [6.07, 6.45) is 3.00. The first-order chi connectivity index (χ1) is 15.7. The number of allylic oxidation sites excluding steroid dienone is 4. The molecule has 0 bridgehead atoms. The number of methoxy groups -OCH3 is 1. The zero-order chi connectivity index (χ0) is 25.5. The van der Waals surface area contributed by atoms with Gasteiger partial charge in [-0.3, -0.25) is 9.59 Å². The maximum Gasteiger partial charge on any atom is 0.351 e. The number of alkyl halides is 3. The van der Waals surface area contributed by atoms with Gasteiger partial charge in [-0.2, -0.15) is 0 Å². The number of ketones is 1. The van der Waals surface area contributed by atoms with Crippen LogP contribution in [0.5, 0.6) is 0 Å². The molecule has 0 aromatic heterocycles. The molecule has 3 fully saturated rings. The summed E-state index contributed by atoms with van der Waals surface area (Å²) in [5, 5.41) is 9.27. The van der Waals surface area contributed by atoms with E-state index >= 15 is 4.39 Å². The maximum absolute atomic E-state index is 16.0. The van der Waals surface area contributed by atoms with Crippen LogP contribution in [0.25, 0.3) is 0 Å². The highest BCUT2D eigenvalue weighted by Gasteiger charge is 2.79. The minimum Gasteiger partial charge on any atom is -0.466 e. The predicted molar refractivity (Wildman–Crippen MR) is 124 cm³/mol. The minimum atomic E-state index is -2.38. The molecule has 0 saturated heterocycles. The lowest BCUT2D eigenvalue weighted by Gasteiger charge is -2.65. The third-order valence-electron chi connectivity index (χ3n) is 9.24. The molecular formula is C25H31Cl2FO6. The van der Waals surface area contributed by atoms with Gasteiger partial charge in [-0.1, -0.05) is 45.4 Å². The molecule has 9 atom stereocenters. The van der Waals surface area contributed by atoms with E-state index in [1.807, 2.05) is 0 Å². The fourth-order valence-electron chi connectivity index (χ4n) is 7.65. The molecule has 34 heavy (non-hydrogen) atoms. The molecule has 0 radical (unpaired) electrons. The maximum atomic E-state index is 16.0. The standard InChI is InChI=1S/C25H31Cl2FO6/c1-6-19(31)34-25(20(32)33-5)13(2)9-15-16-11-23(26,28)17-10-14(29)7-8-21(17,3)24(16,27)18(30)12-22(15,25)4/h7-8,10,13,15-16,18,30H,6,9,11-12H2,1-5H3/t13-,15+,16+,18+,21+,22+,23-,24+,25+/m1/s1. The Kier molecular flexibility index (Phi) is 5.87. The van der Waals surface area contributed by atoms with Gasteiger partial charge in [0.1, 0.15) is 0 Å². The van der Waals surface area contributed by atoms with Gasteiger partial charge in [0.05, 0.1) is 18.1 Å². The van der Waals surface area contributed by atoms with E-state index < -0.39 is 68.0 Å². The fourth-order valence-corrected chi connectivity index (χ4v) is 8.54. The first-order valence-corrected chi connectivity index (χ1v) is 12.4. The second-order valence-electron chi connectivity index (χ2n) is 10.7. The van der Waals surface area contributed by atoms with Gasteiger partial charge in [0.2, 0.25) is 10.7 Å². The summed E-state index contributed by atoms with van der Waals surface area (Å²) in [6.45, 7) is 6.89. The first kappa shape index (κ1) is 25.6. The Morgan fingerprint density at radius 2 is 1.88 bits per heavy atom. The summed E-state index contributed by atoms with van der Waals surface area (Å²) in [5.41, 5.74) is -3.97. The molecule has 9 heteroatoms. The van der Waals surface area contributed by atoms with Crippen LogP contribution in [-0.2, 0) is 23.9 Å². The van der Waals surface area contributed by atoms with Crippen LogP contribution in [0, 0.1) is 28.6 Å². The Morgan fingerprint density at radius 3 is 2.47 bits per heavy atom. The van der Waals surface area contributed by atoms with Crippen LogP contribution in [0.3, 0.4) is 0 Å². The van der Waals surface area contributed by atoms with Crippen molar-refractivity contribution >= 4 is 40.9 Å². The van der Waals surface area contributed by atoms with Gasteiger partial charge in [-0.25, -0.2) is 9.18 Å². The average molecular weight is 517 g/mol. The van der Waals surface area contributed by atoms with Gasteiger partial charge in [0.25, 0.3) is 0 Å². The Hall–Kier alpha value is -1.44. The molecule has 0 heterocycles. The number of hydrogen-bond acceptors (Lipinski definition) is 6. The zero-order valence-corrected chi connectivity index (χ0v) is 21.5. The largest absolute Gasteiger partial charge is 0.466 e. The second kappa shape index (κ2) is 7.78. The number of rotatable bonds is 3. The van der Waals surface area contributed by atoms with E-state index in [0.29, 0.717) is 6.42 Å².